The van der Waals surface area contributed by atoms with Gasteiger partial charge in [0, 0.05) is 11.6 Å². The van der Waals surface area contributed by atoms with Crippen LogP contribution in [-0.2, 0) is 0 Å². The van der Waals surface area contributed by atoms with Crippen molar-refractivity contribution in [3.8, 4) is 11.4 Å². The molecule has 1 aromatic heterocycles. The molecule has 1 heterocycles. The lowest BCUT2D eigenvalue weighted by atomic mass is 10.2. The lowest BCUT2D eigenvalue weighted by molar-refractivity contribution is -0.535. The highest BCUT2D eigenvalue weighted by molar-refractivity contribution is 5.76. The van der Waals surface area contributed by atoms with Crippen molar-refractivity contribution >= 4 is 11.0 Å². The quantitative estimate of drug-likeness (QED) is 0.662. The van der Waals surface area contributed by atoms with E-state index in [1.165, 1.54) is 0 Å². The fourth-order valence-electron chi connectivity index (χ4n) is 1.97. The van der Waals surface area contributed by atoms with Crippen LogP contribution in [0.5, 0.6) is 0 Å². The molecule has 0 aliphatic rings. The van der Waals surface area contributed by atoms with Gasteiger partial charge in [0.25, 0.3) is 0 Å². The van der Waals surface area contributed by atoms with Gasteiger partial charge in [0.2, 0.25) is 0 Å². The third kappa shape index (κ3) is 1.68. The molecular formula is C14H12N3O+. The SMILES string of the molecule is Cc1cccc2c1nc(-c1ccccc1)[nH][n+]2=O. The molecule has 4 heteroatoms. The van der Waals surface area contributed by atoms with Gasteiger partial charge >= 0.3 is 5.52 Å². The Labute approximate surface area is 104 Å². The molecule has 0 saturated heterocycles. The van der Waals surface area contributed by atoms with Gasteiger partial charge in [-0.15, -0.1) is 0 Å². The first-order valence-corrected chi connectivity index (χ1v) is 5.73. The molecule has 4 nitrogen and oxygen atoms in total. The number of nitrogens with zero attached hydrogens (tertiary/aromatic N) is 2. The summed E-state index contributed by atoms with van der Waals surface area (Å²) in [7, 11) is 0. The number of aromatic nitrogens is 3. The largest absolute Gasteiger partial charge is 0.318 e. The summed E-state index contributed by atoms with van der Waals surface area (Å²) in [6.45, 7) is 1.95. The highest BCUT2D eigenvalue weighted by Crippen LogP contribution is 2.17. The van der Waals surface area contributed by atoms with Crippen LogP contribution >= 0.6 is 0 Å². The highest BCUT2D eigenvalue weighted by atomic mass is 16.3. The second-order valence-corrected chi connectivity index (χ2v) is 4.18. The number of hydrogen-bond acceptors (Lipinski definition) is 2. The molecule has 0 unspecified atom stereocenters. The predicted molar refractivity (Wildman–Crippen MR) is 69.6 cm³/mol. The fourth-order valence-corrected chi connectivity index (χ4v) is 1.97. The van der Waals surface area contributed by atoms with E-state index in [2.05, 4.69) is 10.1 Å². The number of benzene rings is 2. The molecule has 0 amide bonds. The van der Waals surface area contributed by atoms with E-state index in [-0.39, 0.29) is 0 Å². The molecule has 0 radical (unpaired) electrons. The number of nitrogens with one attached hydrogen (secondary N) is 1. The number of para-hydroxylation sites is 1. The normalized spacial score (nSPS) is 10.7. The van der Waals surface area contributed by atoms with Crippen molar-refractivity contribution in [3.63, 3.8) is 0 Å². The number of fused-ring (bicyclic) bond motifs is 1. The zero-order valence-electron chi connectivity index (χ0n) is 9.92. The first kappa shape index (κ1) is 10.7. The lowest BCUT2D eigenvalue weighted by Gasteiger charge is -1.99. The topological polar surface area (TPSA) is 51.6 Å². The van der Waals surface area contributed by atoms with Gasteiger partial charge in [0.15, 0.2) is 10.4 Å². The molecule has 88 valence electrons. The fraction of sp³-hybridized carbons (Fsp3) is 0.0714. The van der Waals surface area contributed by atoms with E-state index in [9.17, 15) is 4.91 Å². The maximum Gasteiger partial charge on any atom is 0.318 e. The van der Waals surface area contributed by atoms with Crippen LogP contribution < -0.4 is 4.54 Å². The van der Waals surface area contributed by atoms with E-state index < -0.39 is 0 Å². The average Bonchev–Trinajstić information content (AvgIpc) is 2.41. The van der Waals surface area contributed by atoms with Gasteiger partial charge in [-0.2, -0.15) is 0 Å². The summed E-state index contributed by atoms with van der Waals surface area (Å²) in [5.74, 6) is 0.576. The van der Waals surface area contributed by atoms with Crippen LogP contribution in [0.1, 0.15) is 5.56 Å². The summed E-state index contributed by atoms with van der Waals surface area (Å²) in [6.07, 6.45) is 0. The average molecular weight is 238 g/mol. The molecule has 0 spiro atoms. The maximum atomic E-state index is 11.9. The smallest absolute Gasteiger partial charge is 0.218 e. The summed E-state index contributed by atoms with van der Waals surface area (Å²) in [5, 5.41) is 2.74. The van der Waals surface area contributed by atoms with Crippen molar-refractivity contribution in [2.45, 2.75) is 6.92 Å². The highest BCUT2D eigenvalue weighted by Gasteiger charge is 2.13. The summed E-state index contributed by atoms with van der Waals surface area (Å²) < 4.78 is 0.762. The molecule has 0 saturated carbocycles. The number of aromatic amines is 1. The number of aryl methyl sites for hydroxylation is 1. The molecule has 0 aliphatic heterocycles. The monoisotopic (exact) mass is 238 g/mol. The summed E-state index contributed by atoms with van der Waals surface area (Å²) in [6, 6.07) is 15.2. The molecule has 0 aliphatic carbocycles. The minimum Gasteiger partial charge on any atom is -0.218 e. The Hall–Kier alpha value is -2.49. The Morgan fingerprint density at radius 1 is 1.06 bits per heavy atom. The Morgan fingerprint density at radius 3 is 2.61 bits per heavy atom. The van der Waals surface area contributed by atoms with E-state index in [4.69, 9.17) is 0 Å². The van der Waals surface area contributed by atoms with Crippen LogP contribution in [0.25, 0.3) is 22.4 Å². The summed E-state index contributed by atoms with van der Waals surface area (Å²) in [5.41, 5.74) is 3.16. The zero-order chi connectivity index (χ0) is 12.5. The molecule has 0 bridgehead atoms. The van der Waals surface area contributed by atoms with E-state index in [0.717, 1.165) is 21.2 Å². The van der Waals surface area contributed by atoms with Crippen molar-refractivity contribution in [2.24, 2.45) is 0 Å². The Bertz CT molecular complexity index is 763. The number of H-pyrrole nitrogens is 1. The van der Waals surface area contributed by atoms with Crippen molar-refractivity contribution in [1.82, 2.24) is 10.1 Å². The van der Waals surface area contributed by atoms with Crippen LogP contribution in [-0.4, -0.2) is 10.1 Å². The molecule has 3 rings (SSSR count). The number of hydrogen-bond donors (Lipinski definition) is 1. The molecule has 2 aromatic carbocycles. The van der Waals surface area contributed by atoms with Crippen LogP contribution in [0.4, 0.5) is 0 Å². The molecule has 3 aromatic rings. The Balaban J connectivity index is 2.34. The predicted octanol–water partition coefficient (Wildman–Crippen LogP) is 2.45. The van der Waals surface area contributed by atoms with Crippen molar-refractivity contribution < 1.29 is 4.54 Å². The first-order valence-electron chi connectivity index (χ1n) is 5.73. The standard InChI is InChI=1S/C14H12N3O/c1-10-6-5-9-12-13(10)15-14(16-17(12)18)11-7-3-2-4-8-11/h2-9H,1H3,(H,15,16,18)/q+1. The lowest BCUT2D eigenvalue weighted by Crippen LogP contribution is -2.22. The Kier molecular flexibility index (Phi) is 2.41. The minimum atomic E-state index is 0.551. The molecule has 1 N–H and O–H groups in total. The molecule has 0 atom stereocenters. The molecule has 0 fully saturated rings. The van der Waals surface area contributed by atoms with Crippen molar-refractivity contribution in [2.75, 3.05) is 0 Å². The second-order valence-electron chi connectivity index (χ2n) is 4.18. The maximum absolute atomic E-state index is 11.9. The van der Waals surface area contributed by atoms with Crippen LogP contribution in [0.3, 0.4) is 0 Å². The third-order valence-electron chi connectivity index (χ3n) is 2.91. The van der Waals surface area contributed by atoms with E-state index in [1.807, 2.05) is 49.4 Å². The summed E-state index contributed by atoms with van der Waals surface area (Å²) in [4.78, 5) is 16.5. The Morgan fingerprint density at radius 2 is 1.83 bits per heavy atom. The zero-order valence-corrected chi connectivity index (χ0v) is 9.92. The van der Waals surface area contributed by atoms with Gasteiger partial charge < -0.3 is 0 Å². The van der Waals surface area contributed by atoms with Gasteiger partial charge in [-0.1, -0.05) is 47.6 Å². The number of rotatable bonds is 1. The van der Waals surface area contributed by atoms with E-state index >= 15 is 0 Å². The van der Waals surface area contributed by atoms with E-state index in [0.29, 0.717) is 11.3 Å². The van der Waals surface area contributed by atoms with Crippen molar-refractivity contribution in [1.29, 1.82) is 0 Å². The second kappa shape index (κ2) is 4.07. The minimum absolute atomic E-state index is 0.551. The van der Waals surface area contributed by atoms with Crippen LogP contribution in [0.2, 0.25) is 0 Å². The van der Waals surface area contributed by atoms with Gasteiger partial charge in [0.05, 0.1) is 4.91 Å². The van der Waals surface area contributed by atoms with Crippen LogP contribution in [0, 0.1) is 11.8 Å². The van der Waals surface area contributed by atoms with E-state index in [1.54, 1.807) is 6.07 Å². The van der Waals surface area contributed by atoms with Gasteiger partial charge in [-0.3, -0.25) is 0 Å². The first-order chi connectivity index (χ1) is 8.75. The van der Waals surface area contributed by atoms with Gasteiger partial charge in [-0.25, -0.2) is 4.98 Å². The molecule has 18 heavy (non-hydrogen) atoms. The molecular weight excluding hydrogens is 226 g/mol. The van der Waals surface area contributed by atoms with Gasteiger partial charge in [-0.05, 0) is 12.5 Å². The van der Waals surface area contributed by atoms with Gasteiger partial charge in [0.1, 0.15) is 5.52 Å². The van der Waals surface area contributed by atoms with Crippen LogP contribution in [0.15, 0.2) is 48.5 Å². The summed E-state index contributed by atoms with van der Waals surface area (Å²) >= 11 is 0. The van der Waals surface area contributed by atoms with Crippen molar-refractivity contribution in [3.05, 3.63) is 59.0 Å². The third-order valence-corrected chi connectivity index (χ3v) is 2.91.